The Morgan fingerprint density at radius 1 is 1.47 bits per heavy atom. The number of hydrogen-bond donors (Lipinski definition) is 1. The van der Waals surface area contributed by atoms with Crippen LogP contribution in [0, 0.1) is 11.3 Å². The molecule has 0 aliphatic heterocycles. The molecular formula is C11H10F3N3. The molecule has 0 atom stereocenters. The highest BCUT2D eigenvalue weighted by Gasteiger charge is 2.62. The Kier molecular flexibility index (Phi) is 2.79. The number of nitrogens with one attached hydrogen (secondary N) is 1. The minimum atomic E-state index is -4.21. The second kappa shape index (κ2) is 4.00. The normalized spacial score (nSPS) is 17.5. The number of rotatable bonds is 3. The van der Waals surface area contributed by atoms with E-state index in [4.69, 9.17) is 5.26 Å². The summed E-state index contributed by atoms with van der Waals surface area (Å²) in [5.41, 5.74) is -0.878. The fraction of sp³-hybridized carbons (Fsp3) is 0.455. The van der Waals surface area contributed by atoms with Gasteiger partial charge in [0, 0.05) is 12.7 Å². The molecule has 1 N–H and O–H groups in total. The first-order valence-corrected chi connectivity index (χ1v) is 5.14. The van der Waals surface area contributed by atoms with Gasteiger partial charge in [-0.3, -0.25) is 5.32 Å². The topological polar surface area (TPSA) is 48.7 Å². The molecule has 6 heteroatoms. The number of aromatic nitrogens is 1. The zero-order valence-electron chi connectivity index (χ0n) is 8.88. The monoisotopic (exact) mass is 241 g/mol. The van der Waals surface area contributed by atoms with Gasteiger partial charge < -0.3 is 0 Å². The van der Waals surface area contributed by atoms with Gasteiger partial charge in [-0.2, -0.15) is 18.4 Å². The van der Waals surface area contributed by atoms with E-state index in [0.717, 1.165) is 0 Å². The molecule has 0 unspecified atom stereocenters. The summed E-state index contributed by atoms with van der Waals surface area (Å²) in [6.45, 7) is 0.0940. The molecule has 3 nitrogen and oxygen atoms in total. The molecule has 1 aliphatic rings. The summed E-state index contributed by atoms with van der Waals surface area (Å²) in [6, 6.07) is 4.93. The summed E-state index contributed by atoms with van der Waals surface area (Å²) in [5.74, 6) is 0. The third-order valence-corrected chi connectivity index (χ3v) is 2.86. The van der Waals surface area contributed by atoms with Crippen molar-refractivity contribution in [2.24, 2.45) is 0 Å². The molecule has 0 radical (unpaired) electrons. The van der Waals surface area contributed by atoms with Crippen LogP contribution < -0.4 is 5.32 Å². The molecule has 1 fully saturated rings. The maximum atomic E-state index is 12.6. The first kappa shape index (κ1) is 11.9. The molecule has 0 amide bonds. The van der Waals surface area contributed by atoms with E-state index in [0.29, 0.717) is 5.56 Å². The lowest BCUT2D eigenvalue weighted by molar-refractivity contribution is -0.166. The summed E-state index contributed by atoms with van der Waals surface area (Å²) >= 11 is 0. The van der Waals surface area contributed by atoms with Crippen molar-refractivity contribution in [2.75, 3.05) is 0 Å². The molecule has 17 heavy (non-hydrogen) atoms. The minimum absolute atomic E-state index is 0.0940. The molecule has 2 rings (SSSR count). The van der Waals surface area contributed by atoms with Crippen molar-refractivity contribution < 1.29 is 13.2 Å². The molecule has 0 aromatic carbocycles. The van der Waals surface area contributed by atoms with Crippen molar-refractivity contribution in [3.05, 3.63) is 29.6 Å². The van der Waals surface area contributed by atoms with Gasteiger partial charge in [0.05, 0.1) is 0 Å². The van der Waals surface area contributed by atoms with E-state index in [2.05, 4.69) is 10.3 Å². The minimum Gasteiger partial charge on any atom is -0.299 e. The Labute approximate surface area is 96.3 Å². The number of nitriles is 1. The zero-order chi connectivity index (χ0) is 12.5. The summed E-state index contributed by atoms with van der Waals surface area (Å²) in [7, 11) is 0. The number of alkyl halides is 3. The number of nitrogens with zero attached hydrogens (tertiary/aromatic N) is 2. The van der Waals surface area contributed by atoms with Crippen LogP contribution in [0.3, 0.4) is 0 Å². The standard InChI is InChI=1S/C11H10F3N3/c12-11(13,14)10(2-3-10)17-7-8-1-4-16-9(5-8)6-15/h1,4-5,17H,2-3,7H2. The summed E-state index contributed by atoms with van der Waals surface area (Å²) < 4.78 is 37.9. The fourth-order valence-electron chi connectivity index (χ4n) is 1.60. The zero-order valence-corrected chi connectivity index (χ0v) is 8.88. The average molecular weight is 241 g/mol. The van der Waals surface area contributed by atoms with Crippen molar-refractivity contribution in [1.82, 2.24) is 10.3 Å². The lowest BCUT2D eigenvalue weighted by Gasteiger charge is -2.20. The van der Waals surface area contributed by atoms with Crippen molar-refractivity contribution in [1.29, 1.82) is 5.26 Å². The van der Waals surface area contributed by atoms with Gasteiger partial charge in [0.25, 0.3) is 0 Å². The third kappa shape index (κ3) is 2.39. The van der Waals surface area contributed by atoms with Gasteiger partial charge in [-0.25, -0.2) is 4.98 Å². The van der Waals surface area contributed by atoms with E-state index in [9.17, 15) is 13.2 Å². The van der Waals surface area contributed by atoms with Crippen LogP contribution in [-0.2, 0) is 6.54 Å². The van der Waals surface area contributed by atoms with Crippen LogP contribution >= 0.6 is 0 Å². The molecule has 0 spiro atoms. The largest absolute Gasteiger partial charge is 0.406 e. The molecule has 0 bridgehead atoms. The maximum Gasteiger partial charge on any atom is 0.406 e. The van der Waals surface area contributed by atoms with Gasteiger partial charge in [0.15, 0.2) is 0 Å². The predicted molar refractivity (Wildman–Crippen MR) is 53.8 cm³/mol. The lowest BCUT2D eigenvalue weighted by atomic mass is 10.2. The molecule has 90 valence electrons. The van der Waals surface area contributed by atoms with Crippen LogP contribution in [0.25, 0.3) is 0 Å². The van der Waals surface area contributed by atoms with E-state index in [1.54, 1.807) is 6.07 Å². The van der Waals surface area contributed by atoms with E-state index < -0.39 is 11.7 Å². The average Bonchev–Trinajstić information content (AvgIpc) is 3.07. The second-order valence-electron chi connectivity index (χ2n) is 4.09. The molecule has 1 saturated carbocycles. The smallest absolute Gasteiger partial charge is 0.299 e. The fourth-order valence-corrected chi connectivity index (χ4v) is 1.60. The highest BCUT2D eigenvalue weighted by molar-refractivity contribution is 5.25. The number of hydrogen-bond acceptors (Lipinski definition) is 3. The first-order chi connectivity index (χ1) is 7.97. The lowest BCUT2D eigenvalue weighted by Crippen LogP contribution is -2.44. The Bertz CT molecular complexity index is 458. The molecular weight excluding hydrogens is 231 g/mol. The van der Waals surface area contributed by atoms with Gasteiger partial charge in [-0.15, -0.1) is 0 Å². The predicted octanol–water partition coefficient (Wildman–Crippen LogP) is 2.14. The van der Waals surface area contributed by atoms with Gasteiger partial charge in [0.1, 0.15) is 17.3 Å². The van der Waals surface area contributed by atoms with Crippen LogP contribution in [0.2, 0.25) is 0 Å². The Hall–Kier alpha value is -1.61. The molecule has 1 aromatic rings. The van der Waals surface area contributed by atoms with Crippen molar-refractivity contribution in [3.8, 4) is 6.07 Å². The van der Waals surface area contributed by atoms with E-state index in [1.165, 1.54) is 12.3 Å². The highest BCUT2D eigenvalue weighted by atomic mass is 19.4. The Balaban J connectivity index is 2.01. The van der Waals surface area contributed by atoms with Crippen LogP contribution in [0.15, 0.2) is 18.3 Å². The van der Waals surface area contributed by atoms with Gasteiger partial charge in [-0.1, -0.05) is 0 Å². The summed E-state index contributed by atoms with van der Waals surface area (Å²) in [4.78, 5) is 3.76. The quantitative estimate of drug-likeness (QED) is 0.881. The van der Waals surface area contributed by atoms with Gasteiger partial charge in [0.2, 0.25) is 0 Å². The first-order valence-electron chi connectivity index (χ1n) is 5.14. The number of halogens is 3. The maximum absolute atomic E-state index is 12.6. The van der Waals surface area contributed by atoms with Gasteiger partial charge >= 0.3 is 6.18 Å². The summed E-state index contributed by atoms with van der Waals surface area (Å²) in [6.07, 6.45) is -2.56. The molecule has 1 heterocycles. The molecule has 0 saturated heterocycles. The van der Waals surface area contributed by atoms with E-state index >= 15 is 0 Å². The summed E-state index contributed by atoms with van der Waals surface area (Å²) in [5, 5.41) is 11.1. The molecule has 1 aliphatic carbocycles. The second-order valence-corrected chi connectivity index (χ2v) is 4.09. The van der Waals surface area contributed by atoms with Crippen molar-refractivity contribution in [2.45, 2.75) is 31.1 Å². The Morgan fingerprint density at radius 3 is 2.71 bits per heavy atom. The third-order valence-electron chi connectivity index (χ3n) is 2.86. The van der Waals surface area contributed by atoms with E-state index in [1.807, 2.05) is 6.07 Å². The van der Waals surface area contributed by atoms with Crippen molar-refractivity contribution in [3.63, 3.8) is 0 Å². The van der Waals surface area contributed by atoms with Crippen LogP contribution in [0.1, 0.15) is 24.1 Å². The number of pyridine rings is 1. The van der Waals surface area contributed by atoms with E-state index in [-0.39, 0.29) is 25.1 Å². The Morgan fingerprint density at radius 2 is 2.18 bits per heavy atom. The van der Waals surface area contributed by atoms with Crippen LogP contribution in [0.4, 0.5) is 13.2 Å². The highest BCUT2D eigenvalue weighted by Crippen LogP contribution is 2.49. The van der Waals surface area contributed by atoms with Crippen LogP contribution in [0.5, 0.6) is 0 Å². The SMILES string of the molecule is N#Cc1cc(CNC2(C(F)(F)F)CC2)ccn1. The van der Waals surface area contributed by atoms with Crippen LogP contribution in [-0.4, -0.2) is 16.7 Å². The van der Waals surface area contributed by atoms with Gasteiger partial charge in [-0.05, 0) is 30.5 Å². The van der Waals surface area contributed by atoms with Crippen molar-refractivity contribution >= 4 is 0 Å². The molecule has 1 aromatic heterocycles.